The van der Waals surface area contributed by atoms with Crippen LogP contribution in [-0.4, -0.2) is 29.9 Å². The number of nitrogens with one attached hydrogen (secondary N) is 2. The van der Waals surface area contributed by atoms with Crippen LogP contribution in [0.1, 0.15) is 215 Å². The summed E-state index contributed by atoms with van der Waals surface area (Å²) >= 11 is 0. The summed E-state index contributed by atoms with van der Waals surface area (Å²) in [5, 5.41) is 6.22. The van der Waals surface area contributed by atoms with Gasteiger partial charge in [-0.05, 0) is 36.8 Å². The Kier molecular flexibility index (Phi) is 27.9. The van der Waals surface area contributed by atoms with Gasteiger partial charge in [0.1, 0.15) is 5.69 Å². The van der Waals surface area contributed by atoms with Crippen LogP contribution in [0, 0.1) is 11.8 Å². The molecular weight excluding hydrogens is 566 g/mol. The van der Waals surface area contributed by atoms with E-state index < -0.39 is 0 Å². The molecule has 0 saturated carbocycles. The van der Waals surface area contributed by atoms with Crippen molar-refractivity contribution >= 4 is 11.8 Å². The van der Waals surface area contributed by atoms with Crippen LogP contribution in [-0.2, 0) is 0 Å². The van der Waals surface area contributed by atoms with Crippen LogP contribution >= 0.6 is 0 Å². The number of carbonyl (C=O) groups excluding carboxylic acids is 2. The van der Waals surface area contributed by atoms with Gasteiger partial charge >= 0.3 is 0 Å². The zero-order valence-electron chi connectivity index (χ0n) is 30.9. The lowest BCUT2D eigenvalue weighted by molar-refractivity contribution is 0.0934. The Hall–Kier alpha value is -1.91. The van der Waals surface area contributed by atoms with Crippen LogP contribution in [0.15, 0.2) is 18.3 Å². The van der Waals surface area contributed by atoms with E-state index in [1.807, 2.05) is 0 Å². The molecule has 1 aromatic rings. The lowest BCUT2D eigenvalue weighted by atomic mass is 9.91. The molecule has 0 bridgehead atoms. The van der Waals surface area contributed by atoms with Gasteiger partial charge in [-0.2, -0.15) is 0 Å². The van der Waals surface area contributed by atoms with Gasteiger partial charge in [0.15, 0.2) is 0 Å². The van der Waals surface area contributed by atoms with Crippen LogP contribution in [0.4, 0.5) is 0 Å². The number of hydrogen-bond donors (Lipinski definition) is 2. The second-order valence-corrected chi connectivity index (χ2v) is 14.1. The molecule has 0 radical (unpaired) electrons. The van der Waals surface area contributed by atoms with Crippen molar-refractivity contribution in [1.29, 1.82) is 0 Å². The number of hydrogen-bond acceptors (Lipinski definition) is 3. The average molecular weight is 642 g/mol. The van der Waals surface area contributed by atoms with Gasteiger partial charge in [0.2, 0.25) is 0 Å². The van der Waals surface area contributed by atoms with Crippen LogP contribution in [0.25, 0.3) is 0 Å². The van der Waals surface area contributed by atoms with Crippen LogP contribution < -0.4 is 10.6 Å². The van der Waals surface area contributed by atoms with E-state index in [2.05, 4.69) is 43.3 Å². The summed E-state index contributed by atoms with van der Waals surface area (Å²) in [5.41, 5.74) is 0.913. The SMILES string of the molecule is CCCCCCCCC(CCCCCC)CCNC(=O)c1ccc(C(=O)NCCC(CCCCCC)CCCCCCCC)nc1. The summed E-state index contributed by atoms with van der Waals surface area (Å²) in [5.74, 6) is 1.14. The van der Waals surface area contributed by atoms with E-state index in [0.29, 0.717) is 36.2 Å². The van der Waals surface area contributed by atoms with Gasteiger partial charge in [0.05, 0.1) is 5.56 Å². The van der Waals surface area contributed by atoms with E-state index in [1.165, 1.54) is 154 Å². The fourth-order valence-electron chi connectivity index (χ4n) is 6.65. The number of carbonyl (C=O) groups is 2. The van der Waals surface area contributed by atoms with Crippen molar-refractivity contribution in [3.05, 3.63) is 29.6 Å². The Bertz CT molecular complexity index is 772. The monoisotopic (exact) mass is 642 g/mol. The van der Waals surface area contributed by atoms with E-state index in [9.17, 15) is 9.59 Å². The summed E-state index contributed by atoms with van der Waals surface area (Å²) in [6.45, 7) is 10.5. The predicted molar refractivity (Wildman–Crippen MR) is 199 cm³/mol. The first-order valence-corrected chi connectivity index (χ1v) is 20.1. The summed E-state index contributed by atoms with van der Waals surface area (Å²) in [6, 6.07) is 3.43. The second kappa shape index (κ2) is 30.4. The number of unbranched alkanes of at least 4 members (excludes halogenated alkanes) is 16. The zero-order valence-corrected chi connectivity index (χ0v) is 30.9. The first-order chi connectivity index (χ1) is 22.5. The maximum absolute atomic E-state index is 12.8. The van der Waals surface area contributed by atoms with E-state index in [4.69, 9.17) is 0 Å². The number of nitrogens with zero attached hydrogens (tertiary/aromatic N) is 1. The third-order valence-corrected chi connectivity index (χ3v) is 9.80. The minimum Gasteiger partial charge on any atom is -0.352 e. The van der Waals surface area contributed by atoms with E-state index in [1.54, 1.807) is 18.3 Å². The number of amides is 2. The molecule has 0 fully saturated rings. The van der Waals surface area contributed by atoms with Gasteiger partial charge in [0.25, 0.3) is 11.8 Å². The van der Waals surface area contributed by atoms with Crippen molar-refractivity contribution in [3.8, 4) is 0 Å². The molecule has 2 atom stereocenters. The van der Waals surface area contributed by atoms with Gasteiger partial charge in [-0.3, -0.25) is 14.6 Å². The molecule has 1 aromatic heterocycles. The maximum atomic E-state index is 12.8. The topological polar surface area (TPSA) is 71.1 Å². The lowest BCUT2D eigenvalue weighted by Gasteiger charge is -2.18. The molecule has 5 heteroatoms. The highest BCUT2D eigenvalue weighted by atomic mass is 16.2. The summed E-state index contributed by atoms with van der Waals surface area (Å²) in [6.07, 6.45) is 35.1. The standard InChI is InChI=1S/C41H75N3O2/c1-5-9-13-17-19-23-27-36(25-21-15-11-7-3)31-33-42-40(45)38-29-30-39(44-35-38)41(46)43-34-32-37(26-22-16-12-8-4)28-24-20-18-14-10-6-2/h29-30,35-37H,5-28,31-34H2,1-4H3,(H,42,45)(H,43,46). The highest BCUT2D eigenvalue weighted by Crippen LogP contribution is 2.23. The molecule has 1 rings (SSSR count). The molecule has 2 amide bonds. The first-order valence-electron chi connectivity index (χ1n) is 20.1. The third-order valence-electron chi connectivity index (χ3n) is 9.80. The van der Waals surface area contributed by atoms with Crippen LogP contribution in [0.3, 0.4) is 0 Å². The Labute approximate surface area is 285 Å². The first kappa shape index (κ1) is 42.1. The van der Waals surface area contributed by atoms with Crippen molar-refractivity contribution in [2.75, 3.05) is 13.1 Å². The highest BCUT2D eigenvalue weighted by Gasteiger charge is 2.14. The van der Waals surface area contributed by atoms with Crippen molar-refractivity contribution in [2.24, 2.45) is 11.8 Å². The average Bonchev–Trinajstić information content (AvgIpc) is 3.07. The molecule has 1 heterocycles. The molecule has 2 unspecified atom stereocenters. The Balaban J connectivity index is 2.47. The van der Waals surface area contributed by atoms with E-state index >= 15 is 0 Å². The summed E-state index contributed by atoms with van der Waals surface area (Å²) in [4.78, 5) is 30.0. The van der Waals surface area contributed by atoms with Crippen LogP contribution in [0.5, 0.6) is 0 Å². The second-order valence-electron chi connectivity index (χ2n) is 14.1. The Morgan fingerprint density at radius 3 is 1.26 bits per heavy atom. The van der Waals surface area contributed by atoms with Crippen LogP contribution in [0.2, 0.25) is 0 Å². The van der Waals surface area contributed by atoms with Crippen molar-refractivity contribution in [3.63, 3.8) is 0 Å². The maximum Gasteiger partial charge on any atom is 0.269 e. The molecule has 0 spiro atoms. The molecule has 0 saturated heterocycles. The van der Waals surface area contributed by atoms with Crippen molar-refractivity contribution in [1.82, 2.24) is 15.6 Å². The van der Waals surface area contributed by atoms with Gasteiger partial charge < -0.3 is 10.6 Å². The molecular formula is C41H75N3O2. The highest BCUT2D eigenvalue weighted by molar-refractivity contribution is 5.96. The molecule has 46 heavy (non-hydrogen) atoms. The summed E-state index contributed by atoms with van der Waals surface area (Å²) in [7, 11) is 0. The van der Waals surface area contributed by atoms with Gasteiger partial charge in [-0.25, -0.2) is 0 Å². The van der Waals surface area contributed by atoms with Gasteiger partial charge in [0, 0.05) is 19.3 Å². The molecule has 2 N–H and O–H groups in total. The third kappa shape index (κ3) is 22.6. The lowest BCUT2D eigenvalue weighted by Crippen LogP contribution is -2.28. The van der Waals surface area contributed by atoms with Gasteiger partial charge in [-0.15, -0.1) is 0 Å². The molecule has 0 aliphatic heterocycles. The number of rotatable bonds is 32. The molecule has 266 valence electrons. The smallest absolute Gasteiger partial charge is 0.269 e. The fraction of sp³-hybridized carbons (Fsp3) is 0.829. The van der Waals surface area contributed by atoms with E-state index in [-0.39, 0.29) is 11.8 Å². The Morgan fingerprint density at radius 2 is 0.870 bits per heavy atom. The molecule has 0 aliphatic carbocycles. The normalized spacial score (nSPS) is 12.6. The van der Waals surface area contributed by atoms with E-state index in [0.717, 1.165) is 12.8 Å². The minimum absolute atomic E-state index is 0.0932. The number of aromatic nitrogens is 1. The number of pyridine rings is 1. The molecule has 0 aliphatic rings. The minimum atomic E-state index is -0.142. The quantitative estimate of drug-likeness (QED) is 0.0769. The van der Waals surface area contributed by atoms with Crippen molar-refractivity contribution < 1.29 is 9.59 Å². The largest absolute Gasteiger partial charge is 0.352 e. The predicted octanol–water partition coefficient (Wildman–Crippen LogP) is 12.0. The zero-order chi connectivity index (χ0) is 33.5. The van der Waals surface area contributed by atoms with Crippen molar-refractivity contribution in [2.45, 2.75) is 195 Å². The molecule has 0 aromatic carbocycles. The molecule has 5 nitrogen and oxygen atoms in total. The summed E-state index contributed by atoms with van der Waals surface area (Å²) < 4.78 is 0. The Morgan fingerprint density at radius 1 is 0.500 bits per heavy atom. The van der Waals surface area contributed by atoms with Gasteiger partial charge in [-0.1, -0.05) is 182 Å². The fourth-order valence-corrected chi connectivity index (χ4v) is 6.65.